The van der Waals surface area contributed by atoms with E-state index in [0.29, 0.717) is 0 Å². The van der Waals surface area contributed by atoms with Crippen LogP contribution in [-0.2, 0) is 77.0 Å². The van der Waals surface area contributed by atoms with E-state index >= 15 is 0 Å². The van der Waals surface area contributed by atoms with Gasteiger partial charge in [0.05, 0.1) is 0 Å². The van der Waals surface area contributed by atoms with Gasteiger partial charge in [-0.3, -0.25) is 0 Å². The van der Waals surface area contributed by atoms with Crippen LogP contribution in [0, 0.1) is 10.7 Å². The van der Waals surface area contributed by atoms with Gasteiger partial charge in [0.25, 0.3) is 0 Å². The number of hydrogen-bond acceptors (Lipinski definition) is 1. The molecule has 0 radical (unpaired) electrons. The molecule has 6 aliphatic rings. The van der Waals surface area contributed by atoms with Gasteiger partial charge in [-0.2, -0.15) is 0 Å². The Kier molecular flexibility index (Phi) is 7.09. The molecule has 4 heteroatoms. The van der Waals surface area contributed by atoms with Crippen LogP contribution < -0.4 is 4.90 Å². The molecule has 0 aromatic heterocycles. The Morgan fingerprint density at radius 2 is 0.404 bits per heavy atom. The van der Waals surface area contributed by atoms with Crippen molar-refractivity contribution in [1.82, 2.24) is 0 Å². The SMILES string of the molecule is Ic1cc2c3c(c1)CCc1cc(N(c4cc5c6c(c4)CCc4cc(I)cc(c4-6)CC5)c4cc5c6c(c4)CCc4cc(I)cc(c4-6)CC5)cc(c1-3)CC2. The zero-order chi connectivity index (χ0) is 34.4. The molecule has 0 saturated carbocycles. The van der Waals surface area contributed by atoms with Crippen molar-refractivity contribution in [2.24, 2.45) is 0 Å². The smallest absolute Gasteiger partial charge is 0.0467 e. The van der Waals surface area contributed by atoms with Gasteiger partial charge >= 0.3 is 0 Å². The summed E-state index contributed by atoms with van der Waals surface area (Å²) < 4.78 is 4.17. The number of rotatable bonds is 3. The number of nitrogens with zero attached hydrogens (tertiary/aromatic N) is 1. The Morgan fingerprint density at radius 1 is 0.250 bits per heavy atom. The second kappa shape index (κ2) is 11.7. The number of aryl methyl sites for hydroxylation is 12. The summed E-state index contributed by atoms with van der Waals surface area (Å²) in [6, 6.07) is 30.2. The maximum Gasteiger partial charge on any atom is 0.0467 e. The van der Waals surface area contributed by atoms with Gasteiger partial charge in [-0.15, -0.1) is 0 Å². The topological polar surface area (TPSA) is 3.24 Å². The molecule has 0 heterocycles. The van der Waals surface area contributed by atoms with Crippen molar-refractivity contribution < 1.29 is 0 Å². The second-order valence-electron chi connectivity index (χ2n) is 16.0. The molecule has 0 aliphatic heterocycles. The fourth-order valence-electron chi connectivity index (χ4n) is 11.2. The van der Waals surface area contributed by atoms with Crippen molar-refractivity contribution in [2.45, 2.75) is 77.0 Å². The van der Waals surface area contributed by atoms with E-state index in [2.05, 4.69) is 145 Å². The zero-order valence-electron chi connectivity index (χ0n) is 29.0. The predicted octanol–water partition coefficient (Wildman–Crippen LogP) is 12.6. The average molecular weight is 1010 g/mol. The molecule has 6 aromatic carbocycles. The Hall–Kier alpha value is -2.69. The molecule has 0 amide bonds. The van der Waals surface area contributed by atoms with E-state index in [4.69, 9.17) is 0 Å². The fraction of sp³-hybridized carbons (Fsp3) is 0.250. The van der Waals surface area contributed by atoms with E-state index in [-0.39, 0.29) is 0 Å². The van der Waals surface area contributed by atoms with Crippen LogP contribution >= 0.6 is 67.8 Å². The number of halogens is 3. The molecular weight excluding hydrogens is 971 g/mol. The minimum Gasteiger partial charge on any atom is -0.310 e. The van der Waals surface area contributed by atoms with Crippen LogP contribution in [0.15, 0.2) is 72.8 Å². The maximum atomic E-state index is 2.70. The normalized spacial score (nSPS) is 16.2. The molecule has 0 N–H and O–H groups in total. The average Bonchev–Trinajstić information content (AvgIpc) is 3.14. The monoisotopic (exact) mass is 1010 g/mol. The lowest BCUT2D eigenvalue weighted by Gasteiger charge is -2.36. The molecule has 1 nitrogen and oxygen atoms in total. The Bertz CT molecular complexity index is 2190. The zero-order valence-corrected chi connectivity index (χ0v) is 35.5. The quantitative estimate of drug-likeness (QED) is 0.160. The summed E-state index contributed by atoms with van der Waals surface area (Å²) in [6.07, 6.45) is 13.6. The van der Waals surface area contributed by atoms with Gasteiger partial charge in [-0.05, 0) is 318 Å². The largest absolute Gasteiger partial charge is 0.310 e. The first-order valence-electron chi connectivity index (χ1n) is 19.2. The molecular formula is C48H36I3N. The lowest BCUT2D eigenvalue weighted by molar-refractivity contribution is 0.868. The lowest BCUT2D eigenvalue weighted by Crippen LogP contribution is -2.20. The first kappa shape index (κ1) is 31.6. The van der Waals surface area contributed by atoms with Crippen molar-refractivity contribution in [3.63, 3.8) is 0 Å². The van der Waals surface area contributed by atoms with E-state index in [1.54, 1.807) is 100 Å². The highest BCUT2D eigenvalue weighted by Gasteiger charge is 2.33. The van der Waals surface area contributed by atoms with Crippen LogP contribution in [0.1, 0.15) is 66.8 Å². The third-order valence-electron chi connectivity index (χ3n) is 13.2. The van der Waals surface area contributed by atoms with Gasteiger partial charge in [0.2, 0.25) is 0 Å². The number of anilines is 3. The maximum absolute atomic E-state index is 2.70. The molecule has 12 rings (SSSR count). The van der Waals surface area contributed by atoms with Crippen LogP contribution in [0.2, 0.25) is 0 Å². The van der Waals surface area contributed by atoms with Crippen LogP contribution in [-0.4, -0.2) is 0 Å². The minimum atomic E-state index is 1.12. The highest BCUT2D eigenvalue weighted by Crippen LogP contribution is 2.51. The second-order valence-corrected chi connectivity index (χ2v) is 19.8. The van der Waals surface area contributed by atoms with Crippen molar-refractivity contribution in [1.29, 1.82) is 0 Å². The summed E-state index contributed by atoms with van der Waals surface area (Å²) in [4.78, 5) is 2.70. The summed E-state index contributed by atoms with van der Waals surface area (Å²) >= 11 is 7.58. The first-order chi connectivity index (χ1) is 25.4. The predicted molar refractivity (Wildman–Crippen MR) is 240 cm³/mol. The molecule has 52 heavy (non-hydrogen) atoms. The van der Waals surface area contributed by atoms with Crippen molar-refractivity contribution in [3.05, 3.63) is 150 Å². The third-order valence-corrected chi connectivity index (χ3v) is 15.0. The molecule has 0 spiro atoms. The molecule has 0 bridgehead atoms. The summed E-state index contributed by atoms with van der Waals surface area (Å²) in [6.45, 7) is 0. The standard InChI is InChI=1S/C48H36I3N/c49-37-13-25-1-7-31-19-40(20-32-8-2-26(14-37)43(25)46(31)32)52(41-21-33-9-3-27-15-38(50)16-28-4-10-34(22-41)47(33)44(27)28)42-23-35-11-5-29-17-39(51)18-30-6-12-36(24-42)48(35)45(29)30/h13-24H,1-12H2. The minimum absolute atomic E-state index is 1.12. The van der Waals surface area contributed by atoms with Gasteiger partial charge in [-0.1, -0.05) is 0 Å². The Morgan fingerprint density at radius 3 is 0.577 bits per heavy atom. The molecule has 6 aliphatic carbocycles. The van der Waals surface area contributed by atoms with Crippen LogP contribution in [0.5, 0.6) is 0 Å². The fourth-order valence-corrected chi connectivity index (χ4v) is 13.4. The van der Waals surface area contributed by atoms with Crippen molar-refractivity contribution >= 4 is 84.8 Å². The Labute approximate surface area is 347 Å². The van der Waals surface area contributed by atoms with Gasteiger partial charge in [0, 0.05) is 27.8 Å². The van der Waals surface area contributed by atoms with Crippen molar-refractivity contribution in [3.8, 4) is 33.4 Å². The van der Waals surface area contributed by atoms with Crippen LogP contribution in [0.4, 0.5) is 17.1 Å². The van der Waals surface area contributed by atoms with E-state index in [1.807, 2.05) is 0 Å². The van der Waals surface area contributed by atoms with Gasteiger partial charge in [0.1, 0.15) is 0 Å². The highest BCUT2D eigenvalue weighted by molar-refractivity contribution is 14.1. The summed E-state index contributed by atoms with van der Waals surface area (Å²) in [5.41, 5.74) is 32.1. The number of hydrogen-bond donors (Lipinski definition) is 0. The highest BCUT2D eigenvalue weighted by atomic mass is 127. The molecule has 254 valence electrons. The van der Waals surface area contributed by atoms with Gasteiger partial charge in [0.15, 0.2) is 0 Å². The van der Waals surface area contributed by atoms with Gasteiger partial charge in [-0.25, -0.2) is 0 Å². The summed E-state index contributed by atoms with van der Waals surface area (Å²) in [5, 5.41) is 0. The third kappa shape index (κ3) is 4.68. The lowest BCUT2D eigenvalue weighted by atomic mass is 9.74. The number of benzene rings is 6. The van der Waals surface area contributed by atoms with E-state index in [1.165, 1.54) is 27.8 Å². The van der Waals surface area contributed by atoms with Crippen molar-refractivity contribution in [2.75, 3.05) is 4.90 Å². The molecule has 0 saturated heterocycles. The van der Waals surface area contributed by atoms with Gasteiger partial charge < -0.3 is 4.90 Å². The van der Waals surface area contributed by atoms with E-state index in [9.17, 15) is 0 Å². The molecule has 0 atom stereocenters. The van der Waals surface area contributed by atoms with Crippen LogP contribution in [0.25, 0.3) is 33.4 Å². The molecule has 6 aromatic rings. The van der Waals surface area contributed by atoms with Crippen LogP contribution in [0.3, 0.4) is 0 Å². The van der Waals surface area contributed by atoms with E-state index in [0.717, 1.165) is 77.0 Å². The first-order valence-corrected chi connectivity index (χ1v) is 22.4. The summed E-state index contributed by atoms with van der Waals surface area (Å²) in [5.74, 6) is 0. The van der Waals surface area contributed by atoms with E-state index < -0.39 is 0 Å². The summed E-state index contributed by atoms with van der Waals surface area (Å²) in [7, 11) is 0. The Balaban J connectivity index is 1.08. The molecule has 0 unspecified atom stereocenters. The molecule has 0 fully saturated rings.